The second kappa shape index (κ2) is 12.2. The van der Waals surface area contributed by atoms with Gasteiger partial charge in [-0.3, -0.25) is 0 Å². The molecular formula is C35H23F7O. The summed E-state index contributed by atoms with van der Waals surface area (Å²) in [6.45, 7) is 3.71. The molecule has 0 aliphatic heterocycles. The molecule has 8 heteroatoms. The summed E-state index contributed by atoms with van der Waals surface area (Å²) in [5.74, 6) is -6.15. The summed E-state index contributed by atoms with van der Waals surface area (Å²) in [6, 6.07) is 20.3. The maximum absolute atomic E-state index is 15.2. The minimum absolute atomic E-state index is 0.0992. The molecule has 0 amide bonds. The third kappa shape index (κ3) is 6.48. The van der Waals surface area contributed by atoms with Crippen molar-refractivity contribution in [2.75, 3.05) is 0 Å². The van der Waals surface area contributed by atoms with Gasteiger partial charge in [0.2, 0.25) is 0 Å². The molecule has 0 fully saturated rings. The average molecular weight is 593 g/mol. The van der Waals surface area contributed by atoms with E-state index in [4.69, 9.17) is 0 Å². The van der Waals surface area contributed by atoms with Crippen molar-refractivity contribution in [3.8, 4) is 39.1 Å². The first-order valence-corrected chi connectivity index (χ1v) is 13.2. The molecule has 0 N–H and O–H groups in total. The zero-order valence-electron chi connectivity index (χ0n) is 22.5. The molecule has 0 aromatic heterocycles. The summed E-state index contributed by atoms with van der Waals surface area (Å²) in [4.78, 5) is 0. The molecule has 5 rings (SSSR count). The van der Waals surface area contributed by atoms with Crippen molar-refractivity contribution in [3.05, 3.63) is 150 Å². The van der Waals surface area contributed by atoms with Crippen molar-refractivity contribution in [3.63, 3.8) is 0 Å². The number of rotatable bonds is 9. The third-order valence-corrected chi connectivity index (χ3v) is 6.88. The topological polar surface area (TPSA) is 9.23 Å². The SMILES string of the molecule is C=CCCc1ccc(-c2ccc(-c3ccc(-c4cc(F)c(C(F)(F)Oc5ccc(F)cc5)c(F)c4)c(F)c3)c(F)c2)cc1. The number of allylic oxidation sites excluding steroid dienone is 1. The summed E-state index contributed by atoms with van der Waals surface area (Å²) in [5, 5.41) is 0. The lowest BCUT2D eigenvalue weighted by Crippen LogP contribution is -2.25. The largest absolute Gasteiger partial charge is 0.432 e. The summed E-state index contributed by atoms with van der Waals surface area (Å²) in [5.41, 5.74) is 0.486. The number of halogens is 7. The molecule has 0 bridgehead atoms. The summed E-state index contributed by atoms with van der Waals surface area (Å²) >= 11 is 0. The Kier molecular flexibility index (Phi) is 8.39. The number of hydrogen-bond donors (Lipinski definition) is 0. The summed E-state index contributed by atoms with van der Waals surface area (Å²) < 4.78 is 107. The second-order valence-electron chi connectivity index (χ2n) is 9.80. The van der Waals surface area contributed by atoms with Crippen LogP contribution in [-0.2, 0) is 12.5 Å². The van der Waals surface area contributed by atoms with E-state index in [9.17, 15) is 22.0 Å². The average Bonchev–Trinajstić information content (AvgIpc) is 2.96. The first-order chi connectivity index (χ1) is 20.6. The van der Waals surface area contributed by atoms with E-state index in [1.807, 2.05) is 30.3 Å². The number of ether oxygens (including phenoxy) is 1. The summed E-state index contributed by atoms with van der Waals surface area (Å²) in [7, 11) is 0. The lowest BCUT2D eigenvalue weighted by molar-refractivity contribution is -0.189. The normalized spacial score (nSPS) is 11.4. The van der Waals surface area contributed by atoms with E-state index in [1.165, 1.54) is 24.3 Å². The Bertz CT molecular complexity index is 1760. The molecule has 43 heavy (non-hydrogen) atoms. The highest BCUT2D eigenvalue weighted by Gasteiger charge is 2.41. The fourth-order valence-corrected chi connectivity index (χ4v) is 4.69. The molecule has 0 aliphatic rings. The molecule has 0 radical (unpaired) electrons. The Morgan fingerprint density at radius 1 is 0.581 bits per heavy atom. The second-order valence-corrected chi connectivity index (χ2v) is 9.80. The molecule has 5 aromatic rings. The minimum Gasteiger partial charge on any atom is -0.429 e. The first kappa shape index (κ1) is 29.6. The van der Waals surface area contributed by atoms with E-state index < -0.39 is 46.5 Å². The van der Waals surface area contributed by atoms with Crippen LogP contribution >= 0.6 is 0 Å². The molecule has 218 valence electrons. The maximum Gasteiger partial charge on any atom is 0.432 e. The van der Waals surface area contributed by atoms with Crippen LogP contribution in [0.4, 0.5) is 30.7 Å². The highest BCUT2D eigenvalue weighted by Crippen LogP contribution is 2.38. The highest BCUT2D eigenvalue weighted by atomic mass is 19.3. The van der Waals surface area contributed by atoms with Gasteiger partial charge in [-0.25, -0.2) is 22.0 Å². The van der Waals surface area contributed by atoms with E-state index in [0.29, 0.717) is 17.7 Å². The zero-order valence-corrected chi connectivity index (χ0v) is 22.5. The van der Waals surface area contributed by atoms with Crippen LogP contribution < -0.4 is 4.74 Å². The van der Waals surface area contributed by atoms with Crippen LogP contribution in [0.5, 0.6) is 5.75 Å². The van der Waals surface area contributed by atoms with Crippen LogP contribution in [0.1, 0.15) is 17.5 Å². The van der Waals surface area contributed by atoms with Gasteiger partial charge in [0.15, 0.2) is 0 Å². The van der Waals surface area contributed by atoms with Crippen LogP contribution in [0.25, 0.3) is 33.4 Å². The predicted molar refractivity (Wildman–Crippen MR) is 152 cm³/mol. The molecule has 0 atom stereocenters. The molecule has 0 saturated carbocycles. The monoisotopic (exact) mass is 592 g/mol. The smallest absolute Gasteiger partial charge is 0.429 e. The maximum atomic E-state index is 15.2. The molecule has 0 unspecified atom stereocenters. The minimum atomic E-state index is -4.45. The Balaban J connectivity index is 1.39. The van der Waals surface area contributed by atoms with Gasteiger partial charge >= 0.3 is 6.11 Å². The molecule has 0 spiro atoms. The Labute approximate surface area is 243 Å². The number of hydrogen-bond acceptors (Lipinski definition) is 1. The quantitative estimate of drug-likeness (QED) is 0.122. The fraction of sp³-hybridized carbons (Fsp3) is 0.0857. The van der Waals surface area contributed by atoms with Gasteiger partial charge in [0.25, 0.3) is 0 Å². The van der Waals surface area contributed by atoms with Crippen molar-refractivity contribution in [1.82, 2.24) is 0 Å². The van der Waals surface area contributed by atoms with Crippen molar-refractivity contribution in [1.29, 1.82) is 0 Å². The Morgan fingerprint density at radius 3 is 1.67 bits per heavy atom. The van der Waals surface area contributed by atoms with Gasteiger partial charge in [0, 0.05) is 11.1 Å². The van der Waals surface area contributed by atoms with Crippen molar-refractivity contribution in [2.45, 2.75) is 19.0 Å². The summed E-state index contributed by atoms with van der Waals surface area (Å²) in [6.07, 6.45) is -0.929. The Hall–Kier alpha value is -4.85. The fourth-order valence-electron chi connectivity index (χ4n) is 4.69. The number of aryl methyl sites for hydroxylation is 1. The third-order valence-electron chi connectivity index (χ3n) is 6.88. The van der Waals surface area contributed by atoms with E-state index in [-0.39, 0.29) is 22.3 Å². The van der Waals surface area contributed by atoms with Crippen LogP contribution in [-0.4, -0.2) is 0 Å². The number of alkyl halides is 2. The first-order valence-electron chi connectivity index (χ1n) is 13.2. The van der Waals surface area contributed by atoms with Gasteiger partial charge in [-0.2, -0.15) is 8.78 Å². The molecule has 0 aliphatic carbocycles. The van der Waals surface area contributed by atoms with E-state index in [0.717, 1.165) is 54.3 Å². The molecule has 5 aromatic carbocycles. The van der Waals surface area contributed by atoms with E-state index in [1.54, 1.807) is 6.07 Å². The van der Waals surface area contributed by atoms with E-state index >= 15 is 8.78 Å². The van der Waals surface area contributed by atoms with E-state index in [2.05, 4.69) is 11.3 Å². The van der Waals surface area contributed by atoms with Crippen LogP contribution in [0.3, 0.4) is 0 Å². The predicted octanol–water partition coefficient (Wildman–Crippen LogP) is 10.6. The van der Waals surface area contributed by atoms with Gasteiger partial charge in [-0.15, -0.1) is 6.58 Å². The molecular weight excluding hydrogens is 569 g/mol. The zero-order chi connectivity index (χ0) is 30.7. The number of benzene rings is 5. The van der Waals surface area contributed by atoms with Crippen molar-refractivity contribution >= 4 is 0 Å². The van der Waals surface area contributed by atoms with Gasteiger partial charge < -0.3 is 4.74 Å². The van der Waals surface area contributed by atoms with Crippen LogP contribution in [0.2, 0.25) is 0 Å². The molecule has 0 saturated heterocycles. The Morgan fingerprint density at radius 2 is 1.09 bits per heavy atom. The van der Waals surface area contributed by atoms with Gasteiger partial charge in [0.05, 0.1) is 0 Å². The van der Waals surface area contributed by atoms with Gasteiger partial charge in [-0.05, 0) is 89.2 Å². The van der Waals surface area contributed by atoms with Gasteiger partial charge in [0.1, 0.15) is 40.4 Å². The lowest BCUT2D eigenvalue weighted by atomic mass is 9.96. The van der Waals surface area contributed by atoms with Crippen LogP contribution in [0, 0.1) is 29.1 Å². The van der Waals surface area contributed by atoms with Gasteiger partial charge in [-0.1, -0.05) is 54.6 Å². The van der Waals surface area contributed by atoms with Crippen LogP contribution in [0.15, 0.2) is 110 Å². The standard InChI is InChI=1S/C35H23F7O/c1-2-3-4-21-5-7-22(8-6-21)23-9-15-28(30(37)17-23)24-10-16-29(31(38)18-24)25-19-32(39)34(33(40)20-25)35(41,42)43-27-13-11-26(36)12-14-27/h2,5-20H,1,3-4H2. The van der Waals surface area contributed by atoms with Crippen molar-refractivity contribution < 1.29 is 35.5 Å². The lowest BCUT2D eigenvalue weighted by Gasteiger charge is -2.20. The van der Waals surface area contributed by atoms with Crippen molar-refractivity contribution in [2.24, 2.45) is 0 Å². The molecule has 1 nitrogen and oxygen atoms in total. The molecule has 0 heterocycles. The highest BCUT2D eigenvalue weighted by molar-refractivity contribution is 5.74.